The highest BCUT2D eigenvalue weighted by atomic mass is 31.2. The van der Waals surface area contributed by atoms with E-state index >= 15 is 0 Å². The smallest absolute Gasteiger partial charge is 0.237 e. The van der Waals surface area contributed by atoms with E-state index in [9.17, 15) is 24.2 Å². The number of carbonyl (C=O) groups is 2. The molecule has 1 aliphatic carbocycles. The van der Waals surface area contributed by atoms with Gasteiger partial charge in [0.15, 0.2) is 5.78 Å². The molecular weight excluding hydrogens is 367 g/mol. The summed E-state index contributed by atoms with van der Waals surface area (Å²) in [5.74, 6) is -0.363. The Balaban J connectivity index is 2.36. The summed E-state index contributed by atoms with van der Waals surface area (Å²) in [4.78, 5) is 34.2. The van der Waals surface area contributed by atoms with Gasteiger partial charge in [-0.2, -0.15) is 0 Å². The normalized spacial score (nSPS) is 21.3. The number of nitrogens with two attached hydrogens (primary N) is 1. The van der Waals surface area contributed by atoms with E-state index in [4.69, 9.17) is 5.73 Å². The fourth-order valence-corrected chi connectivity index (χ4v) is 5.65. The summed E-state index contributed by atoms with van der Waals surface area (Å²) in [6, 6.07) is -1.37. The fourth-order valence-electron chi connectivity index (χ4n) is 3.49. The topological polar surface area (TPSA) is 130 Å². The minimum absolute atomic E-state index is 0.0306. The number of amides is 1. The van der Waals surface area contributed by atoms with Crippen molar-refractivity contribution in [3.05, 3.63) is 0 Å². The molecule has 7 nitrogen and oxygen atoms in total. The van der Waals surface area contributed by atoms with Gasteiger partial charge in [-0.1, -0.05) is 33.1 Å². The molecule has 5 N–H and O–H groups in total. The highest BCUT2D eigenvalue weighted by Gasteiger charge is 2.29. The predicted molar refractivity (Wildman–Crippen MR) is 107 cm³/mol. The number of aliphatic hydroxyl groups excluding tert-OH is 1. The molecule has 0 saturated heterocycles. The minimum Gasteiger partial charge on any atom is -0.393 e. The van der Waals surface area contributed by atoms with Crippen molar-refractivity contribution in [1.82, 2.24) is 5.32 Å². The lowest BCUT2D eigenvalue weighted by atomic mass is 9.91. The molecule has 0 bridgehead atoms. The van der Waals surface area contributed by atoms with Crippen LogP contribution in [0, 0.1) is 11.8 Å². The lowest BCUT2D eigenvalue weighted by Crippen LogP contribution is -2.49. The van der Waals surface area contributed by atoms with Crippen molar-refractivity contribution in [3.63, 3.8) is 0 Å². The first-order chi connectivity index (χ1) is 12.5. The Kier molecular flexibility index (Phi) is 10.2. The monoisotopic (exact) mass is 404 g/mol. The van der Waals surface area contributed by atoms with Crippen LogP contribution >= 0.6 is 7.37 Å². The molecular formula is C19H37N2O5P. The van der Waals surface area contributed by atoms with E-state index in [2.05, 4.69) is 5.32 Å². The minimum atomic E-state index is -3.40. The highest BCUT2D eigenvalue weighted by molar-refractivity contribution is 7.58. The molecule has 0 aromatic heterocycles. The number of hydrogen-bond donors (Lipinski definition) is 4. The number of aliphatic hydroxyl groups is 1. The largest absolute Gasteiger partial charge is 0.393 e. The quantitative estimate of drug-likeness (QED) is 0.390. The summed E-state index contributed by atoms with van der Waals surface area (Å²) in [5, 5.41) is 12.7. The zero-order valence-electron chi connectivity index (χ0n) is 16.9. The second-order valence-corrected chi connectivity index (χ2v) is 10.8. The third-order valence-electron chi connectivity index (χ3n) is 5.35. The van der Waals surface area contributed by atoms with Crippen molar-refractivity contribution in [2.45, 2.75) is 83.9 Å². The van der Waals surface area contributed by atoms with Crippen LogP contribution in [0.4, 0.5) is 0 Å². The fraction of sp³-hybridized carbons (Fsp3) is 0.895. The molecule has 1 unspecified atom stereocenters. The van der Waals surface area contributed by atoms with Crippen LogP contribution in [0.2, 0.25) is 0 Å². The van der Waals surface area contributed by atoms with Gasteiger partial charge in [0, 0.05) is 12.6 Å². The van der Waals surface area contributed by atoms with Gasteiger partial charge in [-0.25, -0.2) is 0 Å². The molecule has 1 rings (SSSR count). The summed E-state index contributed by atoms with van der Waals surface area (Å²) >= 11 is 0. The molecule has 158 valence electrons. The molecule has 0 heterocycles. The maximum atomic E-state index is 12.4. The zero-order valence-corrected chi connectivity index (χ0v) is 17.8. The van der Waals surface area contributed by atoms with Gasteiger partial charge in [0.25, 0.3) is 0 Å². The number of rotatable bonds is 11. The number of Topliss-reactive ketones (excluding diaryl/α,β-unsaturated/α-hetero) is 1. The summed E-state index contributed by atoms with van der Waals surface area (Å²) in [6.45, 7) is 5.24. The second-order valence-electron chi connectivity index (χ2n) is 8.37. The lowest BCUT2D eigenvalue weighted by molar-refractivity contribution is -0.128. The van der Waals surface area contributed by atoms with Gasteiger partial charge < -0.3 is 21.1 Å². The lowest BCUT2D eigenvalue weighted by Gasteiger charge is -2.25. The molecule has 1 amide bonds. The average Bonchev–Trinajstić information content (AvgIpc) is 2.58. The molecule has 4 atom stereocenters. The van der Waals surface area contributed by atoms with Gasteiger partial charge in [0.05, 0.1) is 24.3 Å². The van der Waals surface area contributed by atoms with E-state index in [1.165, 1.54) is 6.42 Å². The van der Waals surface area contributed by atoms with Crippen LogP contribution in [0.1, 0.15) is 65.7 Å². The maximum Gasteiger partial charge on any atom is 0.237 e. The summed E-state index contributed by atoms with van der Waals surface area (Å²) < 4.78 is 12.4. The van der Waals surface area contributed by atoms with E-state index in [1.54, 1.807) is 6.92 Å². The Morgan fingerprint density at radius 2 is 1.78 bits per heavy atom. The first-order valence-corrected chi connectivity index (χ1v) is 12.1. The molecule has 1 fully saturated rings. The number of ketones is 1. The van der Waals surface area contributed by atoms with E-state index in [-0.39, 0.29) is 48.7 Å². The maximum absolute atomic E-state index is 12.4. The van der Waals surface area contributed by atoms with Crippen molar-refractivity contribution in [2.24, 2.45) is 17.6 Å². The van der Waals surface area contributed by atoms with Crippen LogP contribution in [0.3, 0.4) is 0 Å². The van der Waals surface area contributed by atoms with Gasteiger partial charge in [-0.15, -0.1) is 0 Å². The first-order valence-electron chi connectivity index (χ1n) is 10.1. The molecule has 0 radical (unpaired) electrons. The molecule has 0 aliphatic heterocycles. The van der Waals surface area contributed by atoms with Crippen LogP contribution in [0.15, 0.2) is 0 Å². The van der Waals surface area contributed by atoms with Gasteiger partial charge in [-0.05, 0) is 38.0 Å². The van der Waals surface area contributed by atoms with E-state index in [0.29, 0.717) is 0 Å². The van der Waals surface area contributed by atoms with Gasteiger partial charge in [0.1, 0.15) is 0 Å². The molecule has 8 heteroatoms. The van der Waals surface area contributed by atoms with Crippen molar-refractivity contribution >= 4 is 19.1 Å². The van der Waals surface area contributed by atoms with Crippen LogP contribution in [-0.2, 0) is 14.2 Å². The predicted octanol–water partition coefficient (Wildman–Crippen LogP) is 2.04. The van der Waals surface area contributed by atoms with Crippen molar-refractivity contribution in [1.29, 1.82) is 0 Å². The van der Waals surface area contributed by atoms with Crippen molar-refractivity contribution < 1.29 is 24.2 Å². The third-order valence-corrected chi connectivity index (χ3v) is 7.43. The van der Waals surface area contributed by atoms with E-state index < -0.39 is 25.6 Å². The number of nitrogens with one attached hydrogen (secondary N) is 1. The Morgan fingerprint density at radius 1 is 1.19 bits per heavy atom. The second kappa shape index (κ2) is 11.3. The number of carbonyl (C=O) groups excluding carboxylic acids is 2. The van der Waals surface area contributed by atoms with Gasteiger partial charge in [-0.3, -0.25) is 14.2 Å². The van der Waals surface area contributed by atoms with Crippen molar-refractivity contribution in [2.75, 3.05) is 12.3 Å². The standard InChI is InChI=1S/C19H37N2O5P/c1-13(2)18(20)19(24)21-14(3)17(23)10-9-16(22)12-27(25,26)11-15-7-5-4-6-8-15/h13-16,18,22H,4-12,20H2,1-3H3,(H,21,24)(H,25,26)/t14-,16+,18+/m0/s1. The van der Waals surface area contributed by atoms with Gasteiger partial charge in [0.2, 0.25) is 13.3 Å². The SMILES string of the molecule is CC(C)[C@@H](N)C(=O)N[C@@H](C)C(=O)CC[C@@H](O)CP(=O)(O)CC1CCCCC1. The Labute approximate surface area is 162 Å². The van der Waals surface area contributed by atoms with E-state index in [0.717, 1.165) is 25.7 Å². The summed E-state index contributed by atoms with van der Waals surface area (Å²) in [6.07, 6.45) is 4.62. The summed E-state index contributed by atoms with van der Waals surface area (Å²) in [7, 11) is -3.40. The van der Waals surface area contributed by atoms with Crippen LogP contribution < -0.4 is 11.1 Å². The van der Waals surface area contributed by atoms with Gasteiger partial charge >= 0.3 is 0 Å². The van der Waals surface area contributed by atoms with E-state index in [1.807, 2.05) is 13.8 Å². The Morgan fingerprint density at radius 3 is 2.33 bits per heavy atom. The molecule has 0 spiro atoms. The third kappa shape index (κ3) is 9.33. The number of hydrogen-bond acceptors (Lipinski definition) is 5. The summed E-state index contributed by atoms with van der Waals surface area (Å²) in [5.41, 5.74) is 5.75. The van der Waals surface area contributed by atoms with Crippen LogP contribution in [-0.4, -0.2) is 52.2 Å². The Hall–Kier alpha value is -0.750. The zero-order chi connectivity index (χ0) is 20.6. The molecule has 1 saturated carbocycles. The average molecular weight is 404 g/mol. The van der Waals surface area contributed by atoms with Crippen molar-refractivity contribution in [3.8, 4) is 0 Å². The van der Waals surface area contributed by atoms with Crippen LogP contribution in [0.25, 0.3) is 0 Å². The molecule has 0 aromatic carbocycles. The molecule has 0 aromatic rings. The molecule has 27 heavy (non-hydrogen) atoms. The molecule has 1 aliphatic rings. The first kappa shape index (κ1) is 24.3. The Bertz CT molecular complexity index is 534. The highest BCUT2D eigenvalue weighted by Crippen LogP contribution is 2.46. The van der Waals surface area contributed by atoms with Crippen LogP contribution in [0.5, 0.6) is 0 Å².